The second kappa shape index (κ2) is 8.56. The van der Waals surface area contributed by atoms with Crippen LogP contribution in [0.5, 0.6) is 0 Å². The van der Waals surface area contributed by atoms with Crippen molar-refractivity contribution in [2.75, 3.05) is 26.2 Å². The van der Waals surface area contributed by atoms with Crippen LogP contribution in [0, 0.1) is 13.8 Å². The fraction of sp³-hybridized carbons (Fsp3) is 0.556. The molecule has 0 spiro atoms. The number of benzene rings is 1. The van der Waals surface area contributed by atoms with Crippen LogP contribution in [0.2, 0.25) is 0 Å². The minimum Gasteiger partial charge on any atom is -0.465 e. The largest absolute Gasteiger partial charge is 0.465 e. The fourth-order valence-electron chi connectivity index (χ4n) is 2.84. The molecular formula is C18H28N2O3. The Balaban J connectivity index is 3.15. The van der Waals surface area contributed by atoms with Crippen LogP contribution in [0.1, 0.15) is 47.8 Å². The maximum absolute atomic E-state index is 12.8. The van der Waals surface area contributed by atoms with Gasteiger partial charge in [-0.2, -0.15) is 0 Å². The van der Waals surface area contributed by atoms with E-state index in [0.29, 0.717) is 38.2 Å². The Morgan fingerprint density at radius 3 is 2.04 bits per heavy atom. The third kappa shape index (κ3) is 4.71. The highest BCUT2D eigenvalue weighted by Crippen LogP contribution is 2.20. The van der Waals surface area contributed by atoms with E-state index in [2.05, 4.69) is 0 Å². The lowest BCUT2D eigenvalue weighted by Crippen LogP contribution is -2.33. The van der Waals surface area contributed by atoms with Gasteiger partial charge in [0, 0.05) is 31.7 Å². The zero-order valence-electron chi connectivity index (χ0n) is 14.8. The number of carbonyl (C=O) groups is 2. The molecule has 23 heavy (non-hydrogen) atoms. The van der Waals surface area contributed by atoms with Crippen molar-refractivity contribution in [1.29, 1.82) is 0 Å². The van der Waals surface area contributed by atoms with E-state index in [1.807, 2.05) is 46.8 Å². The van der Waals surface area contributed by atoms with Gasteiger partial charge in [-0.3, -0.25) is 4.79 Å². The average molecular weight is 320 g/mol. The summed E-state index contributed by atoms with van der Waals surface area (Å²) in [6, 6.07) is 3.96. The van der Waals surface area contributed by atoms with E-state index in [-0.39, 0.29) is 5.91 Å². The van der Waals surface area contributed by atoms with Crippen LogP contribution in [-0.4, -0.2) is 53.1 Å². The van der Waals surface area contributed by atoms with E-state index < -0.39 is 6.09 Å². The van der Waals surface area contributed by atoms with E-state index in [1.54, 1.807) is 4.90 Å². The SMILES string of the molecule is CCN(CCc1c(C)cc(C)cc1C(=O)N(CC)CC)C(=O)O. The summed E-state index contributed by atoms with van der Waals surface area (Å²) in [5.74, 6) is 0.0233. The number of rotatable bonds is 7. The molecule has 1 N–H and O–H groups in total. The molecule has 1 aromatic rings. The van der Waals surface area contributed by atoms with Gasteiger partial charge in [0.15, 0.2) is 0 Å². The van der Waals surface area contributed by atoms with Gasteiger partial charge in [0.1, 0.15) is 0 Å². The van der Waals surface area contributed by atoms with Crippen LogP contribution in [0.3, 0.4) is 0 Å². The van der Waals surface area contributed by atoms with Crippen molar-refractivity contribution in [3.05, 3.63) is 34.4 Å². The normalized spacial score (nSPS) is 10.5. The number of hydrogen-bond acceptors (Lipinski definition) is 2. The Hall–Kier alpha value is -2.04. The minimum atomic E-state index is -0.922. The third-order valence-electron chi connectivity index (χ3n) is 4.18. The summed E-state index contributed by atoms with van der Waals surface area (Å²) in [5, 5.41) is 9.16. The van der Waals surface area contributed by atoms with Crippen LogP contribution in [0.4, 0.5) is 4.79 Å². The number of likely N-dealkylation sites (N-methyl/N-ethyl adjacent to an activating group) is 1. The number of aryl methyl sites for hydroxylation is 2. The Morgan fingerprint density at radius 2 is 1.57 bits per heavy atom. The minimum absolute atomic E-state index is 0.0233. The summed E-state index contributed by atoms with van der Waals surface area (Å²) in [6.07, 6.45) is -0.372. The maximum Gasteiger partial charge on any atom is 0.407 e. The molecule has 0 unspecified atom stereocenters. The quantitative estimate of drug-likeness (QED) is 0.838. The predicted molar refractivity (Wildman–Crippen MR) is 92.1 cm³/mol. The highest BCUT2D eigenvalue weighted by molar-refractivity contribution is 5.96. The molecule has 0 aliphatic rings. The van der Waals surface area contributed by atoms with E-state index in [9.17, 15) is 9.59 Å². The number of hydrogen-bond donors (Lipinski definition) is 1. The molecule has 0 saturated heterocycles. The first-order chi connectivity index (χ1) is 10.8. The molecule has 5 heteroatoms. The maximum atomic E-state index is 12.8. The fourth-order valence-corrected chi connectivity index (χ4v) is 2.84. The predicted octanol–water partition coefficient (Wildman–Crippen LogP) is 3.33. The lowest BCUT2D eigenvalue weighted by Gasteiger charge is -2.23. The van der Waals surface area contributed by atoms with Crippen molar-refractivity contribution >= 4 is 12.0 Å². The molecule has 0 fully saturated rings. The van der Waals surface area contributed by atoms with Gasteiger partial charge in [-0.25, -0.2) is 4.79 Å². The van der Waals surface area contributed by atoms with Gasteiger partial charge in [-0.1, -0.05) is 11.6 Å². The lowest BCUT2D eigenvalue weighted by molar-refractivity contribution is 0.0771. The smallest absolute Gasteiger partial charge is 0.407 e. The molecule has 0 aliphatic heterocycles. The number of amides is 2. The van der Waals surface area contributed by atoms with E-state index in [1.165, 1.54) is 4.90 Å². The first-order valence-corrected chi connectivity index (χ1v) is 8.22. The van der Waals surface area contributed by atoms with Crippen LogP contribution in [0.25, 0.3) is 0 Å². The topological polar surface area (TPSA) is 60.9 Å². The lowest BCUT2D eigenvalue weighted by atomic mass is 9.95. The molecule has 2 amide bonds. The first kappa shape index (κ1) is 19.0. The summed E-state index contributed by atoms with van der Waals surface area (Å²) >= 11 is 0. The van der Waals surface area contributed by atoms with Crippen molar-refractivity contribution < 1.29 is 14.7 Å². The van der Waals surface area contributed by atoms with Gasteiger partial charge in [0.2, 0.25) is 0 Å². The zero-order valence-corrected chi connectivity index (χ0v) is 14.8. The second-order valence-corrected chi connectivity index (χ2v) is 5.70. The van der Waals surface area contributed by atoms with Crippen molar-refractivity contribution in [3.63, 3.8) is 0 Å². The average Bonchev–Trinajstić information content (AvgIpc) is 2.49. The molecule has 0 aliphatic carbocycles. The van der Waals surface area contributed by atoms with Gasteiger partial charge < -0.3 is 14.9 Å². The van der Waals surface area contributed by atoms with E-state index in [4.69, 9.17) is 5.11 Å². The van der Waals surface area contributed by atoms with Gasteiger partial charge >= 0.3 is 6.09 Å². The third-order valence-corrected chi connectivity index (χ3v) is 4.18. The molecule has 0 atom stereocenters. The standard InChI is InChI=1S/C18H28N2O3/c1-6-19(7-2)17(21)16-12-13(4)11-14(5)15(16)9-10-20(8-3)18(22)23/h11-12H,6-10H2,1-5H3,(H,22,23). The Kier molecular flexibility index (Phi) is 7.07. The highest BCUT2D eigenvalue weighted by Gasteiger charge is 2.19. The summed E-state index contributed by atoms with van der Waals surface area (Å²) in [7, 11) is 0. The van der Waals surface area contributed by atoms with Crippen LogP contribution >= 0.6 is 0 Å². The number of nitrogens with zero attached hydrogens (tertiary/aromatic N) is 2. The molecule has 0 heterocycles. The zero-order chi connectivity index (χ0) is 17.6. The molecule has 5 nitrogen and oxygen atoms in total. The van der Waals surface area contributed by atoms with Gasteiger partial charge in [-0.05, 0) is 58.2 Å². The van der Waals surface area contributed by atoms with Crippen molar-refractivity contribution in [2.45, 2.75) is 41.0 Å². The molecule has 0 radical (unpaired) electrons. The van der Waals surface area contributed by atoms with Crippen LogP contribution in [-0.2, 0) is 6.42 Å². The molecule has 128 valence electrons. The van der Waals surface area contributed by atoms with Gasteiger partial charge in [-0.15, -0.1) is 0 Å². The van der Waals surface area contributed by atoms with Crippen molar-refractivity contribution in [3.8, 4) is 0 Å². The molecule has 1 aromatic carbocycles. The van der Waals surface area contributed by atoms with E-state index >= 15 is 0 Å². The second-order valence-electron chi connectivity index (χ2n) is 5.70. The van der Waals surface area contributed by atoms with Crippen LogP contribution < -0.4 is 0 Å². The Labute approximate surface area is 138 Å². The Morgan fingerprint density at radius 1 is 1.00 bits per heavy atom. The molecular weight excluding hydrogens is 292 g/mol. The highest BCUT2D eigenvalue weighted by atomic mass is 16.4. The summed E-state index contributed by atoms with van der Waals surface area (Å²) in [6.45, 7) is 11.9. The summed E-state index contributed by atoms with van der Waals surface area (Å²) < 4.78 is 0. The summed E-state index contributed by atoms with van der Waals surface area (Å²) in [5.41, 5.74) is 3.74. The van der Waals surface area contributed by atoms with E-state index in [0.717, 1.165) is 16.7 Å². The number of carbonyl (C=O) groups excluding carboxylic acids is 1. The summed E-state index contributed by atoms with van der Waals surface area (Å²) in [4.78, 5) is 27.1. The van der Waals surface area contributed by atoms with Gasteiger partial charge in [0.25, 0.3) is 5.91 Å². The van der Waals surface area contributed by atoms with Crippen molar-refractivity contribution in [2.24, 2.45) is 0 Å². The molecule has 1 rings (SSSR count). The van der Waals surface area contributed by atoms with Crippen LogP contribution in [0.15, 0.2) is 12.1 Å². The first-order valence-electron chi connectivity index (χ1n) is 8.22. The monoisotopic (exact) mass is 320 g/mol. The Bertz CT molecular complexity index is 566. The molecule has 0 saturated carbocycles. The molecule has 0 aromatic heterocycles. The molecule has 0 bridgehead atoms. The van der Waals surface area contributed by atoms with Crippen molar-refractivity contribution in [1.82, 2.24) is 9.80 Å². The van der Waals surface area contributed by atoms with Gasteiger partial charge in [0.05, 0.1) is 0 Å². The number of carboxylic acid groups (broad SMARTS) is 1.